The summed E-state index contributed by atoms with van der Waals surface area (Å²) < 4.78 is 0. The first-order valence-electron chi connectivity index (χ1n) is 7.96. The van der Waals surface area contributed by atoms with Gasteiger partial charge in [-0.2, -0.15) is 0 Å². The molecule has 1 aliphatic heterocycles. The molecule has 1 saturated heterocycles. The monoisotopic (exact) mass is 311 g/mol. The molecule has 6 heteroatoms. The van der Waals surface area contributed by atoms with Gasteiger partial charge in [0, 0.05) is 38.6 Å². The molecule has 120 valence electrons. The van der Waals surface area contributed by atoms with Crippen molar-refractivity contribution in [3.05, 3.63) is 42.5 Å². The van der Waals surface area contributed by atoms with Gasteiger partial charge in [-0.3, -0.25) is 9.78 Å². The van der Waals surface area contributed by atoms with Crippen LogP contribution >= 0.6 is 0 Å². The van der Waals surface area contributed by atoms with Crippen LogP contribution in [0.15, 0.2) is 36.8 Å². The fraction of sp³-hybridized carbons (Fsp3) is 0.412. The van der Waals surface area contributed by atoms with Gasteiger partial charge in [0.1, 0.15) is 5.82 Å². The van der Waals surface area contributed by atoms with Crippen LogP contribution in [-0.2, 0) is 11.2 Å². The van der Waals surface area contributed by atoms with E-state index in [0.29, 0.717) is 5.92 Å². The zero-order valence-electron chi connectivity index (χ0n) is 13.3. The SMILES string of the molecule is CC(=O)N1CCC(Cc2nccnc2Nc2ccccn2)CC1. The second-order valence-corrected chi connectivity index (χ2v) is 5.85. The Morgan fingerprint density at radius 1 is 1.17 bits per heavy atom. The normalized spacial score (nSPS) is 15.4. The van der Waals surface area contributed by atoms with Gasteiger partial charge in [-0.15, -0.1) is 0 Å². The summed E-state index contributed by atoms with van der Waals surface area (Å²) in [5.41, 5.74) is 0.958. The van der Waals surface area contributed by atoms with Gasteiger partial charge >= 0.3 is 0 Å². The second kappa shape index (κ2) is 7.17. The summed E-state index contributed by atoms with van der Waals surface area (Å²) in [5.74, 6) is 2.23. The van der Waals surface area contributed by atoms with Crippen LogP contribution in [0.4, 0.5) is 11.6 Å². The van der Waals surface area contributed by atoms with Gasteiger partial charge in [-0.05, 0) is 37.3 Å². The maximum Gasteiger partial charge on any atom is 0.219 e. The fourth-order valence-electron chi connectivity index (χ4n) is 2.90. The van der Waals surface area contributed by atoms with Gasteiger partial charge in [0.15, 0.2) is 5.82 Å². The number of carbonyl (C=O) groups is 1. The van der Waals surface area contributed by atoms with Crippen molar-refractivity contribution in [1.82, 2.24) is 19.9 Å². The molecule has 2 aromatic heterocycles. The third-order valence-electron chi connectivity index (χ3n) is 4.23. The Bertz CT molecular complexity index is 653. The molecule has 0 aromatic carbocycles. The molecule has 0 aliphatic carbocycles. The molecule has 23 heavy (non-hydrogen) atoms. The highest BCUT2D eigenvalue weighted by atomic mass is 16.2. The molecule has 0 unspecified atom stereocenters. The van der Waals surface area contributed by atoms with E-state index in [1.165, 1.54) is 0 Å². The molecule has 1 amide bonds. The third-order valence-corrected chi connectivity index (χ3v) is 4.23. The molecular formula is C17H21N5O. The highest BCUT2D eigenvalue weighted by Gasteiger charge is 2.22. The van der Waals surface area contributed by atoms with E-state index < -0.39 is 0 Å². The van der Waals surface area contributed by atoms with E-state index in [-0.39, 0.29) is 5.91 Å². The van der Waals surface area contributed by atoms with Gasteiger partial charge in [-0.25, -0.2) is 9.97 Å². The molecule has 0 saturated carbocycles. The lowest BCUT2D eigenvalue weighted by Crippen LogP contribution is -2.37. The van der Waals surface area contributed by atoms with E-state index >= 15 is 0 Å². The number of hydrogen-bond acceptors (Lipinski definition) is 5. The number of piperidine rings is 1. The van der Waals surface area contributed by atoms with Gasteiger partial charge in [0.05, 0.1) is 5.69 Å². The molecule has 1 N–H and O–H groups in total. The molecule has 0 radical (unpaired) electrons. The molecular weight excluding hydrogens is 290 g/mol. The number of carbonyl (C=O) groups excluding carboxylic acids is 1. The highest BCUT2D eigenvalue weighted by Crippen LogP contribution is 2.24. The number of nitrogens with one attached hydrogen (secondary N) is 1. The number of rotatable bonds is 4. The molecule has 3 heterocycles. The first-order chi connectivity index (χ1) is 11.2. The van der Waals surface area contributed by atoms with E-state index in [0.717, 1.165) is 49.7 Å². The van der Waals surface area contributed by atoms with Gasteiger partial charge in [0.25, 0.3) is 0 Å². The maximum absolute atomic E-state index is 11.4. The average molecular weight is 311 g/mol. The molecule has 6 nitrogen and oxygen atoms in total. The number of anilines is 2. The summed E-state index contributed by atoms with van der Waals surface area (Å²) in [6.07, 6.45) is 8.06. The van der Waals surface area contributed by atoms with E-state index in [9.17, 15) is 4.79 Å². The number of aromatic nitrogens is 3. The minimum atomic E-state index is 0.167. The molecule has 0 spiro atoms. The number of likely N-dealkylation sites (tertiary alicyclic amines) is 1. The van der Waals surface area contributed by atoms with E-state index in [2.05, 4.69) is 20.3 Å². The summed E-state index contributed by atoms with van der Waals surface area (Å²) in [6.45, 7) is 3.31. The van der Waals surface area contributed by atoms with Crippen LogP contribution in [-0.4, -0.2) is 38.8 Å². The summed E-state index contributed by atoms with van der Waals surface area (Å²) >= 11 is 0. The zero-order chi connectivity index (χ0) is 16.1. The lowest BCUT2D eigenvalue weighted by Gasteiger charge is -2.31. The predicted octanol–water partition coefficient (Wildman–Crippen LogP) is 2.42. The number of pyridine rings is 1. The minimum absolute atomic E-state index is 0.167. The van der Waals surface area contributed by atoms with Crippen molar-refractivity contribution in [3.63, 3.8) is 0 Å². The maximum atomic E-state index is 11.4. The van der Waals surface area contributed by atoms with Crippen LogP contribution in [0.1, 0.15) is 25.5 Å². The van der Waals surface area contributed by atoms with Gasteiger partial charge < -0.3 is 10.2 Å². The lowest BCUT2D eigenvalue weighted by atomic mass is 9.92. The topological polar surface area (TPSA) is 71.0 Å². The van der Waals surface area contributed by atoms with E-state index in [1.807, 2.05) is 23.1 Å². The third kappa shape index (κ3) is 4.03. The first-order valence-corrected chi connectivity index (χ1v) is 7.96. The van der Waals surface area contributed by atoms with Crippen molar-refractivity contribution in [2.24, 2.45) is 5.92 Å². The molecule has 0 atom stereocenters. The summed E-state index contributed by atoms with van der Waals surface area (Å²) in [5, 5.41) is 3.24. The van der Waals surface area contributed by atoms with Crippen molar-refractivity contribution in [2.45, 2.75) is 26.2 Å². The number of hydrogen-bond donors (Lipinski definition) is 1. The molecule has 1 fully saturated rings. The summed E-state index contributed by atoms with van der Waals surface area (Å²) in [6, 6.07) is 5.72. The van der Waals surface area contributed by atoms with Crippen LogP contribution in [0.25, 0.3) is 0 Å². The first kappa shape index (κ1) is 15.4. The van der Waals surface area contributed by atoms with Crippen LogP contribution in [0.3, 0.4) is 0 Å². The van der Waals surface area contributed by atoms with Crippen LogP contribution in [0.2, 0.25) is 0 Å². The Labute approximate surface area is 136 Å². The lowest BCUT2D eigenvalue weighted by molar-refractivity contribution is -0.130. The van der Waals surface area contributed by atoms with Crippen molar-refractivity contribution in [2.75, 3.05) is 18.4 Å². The van der Waals surface area contributed by atoms with Gasteiger partial charge in [-0.1, -0.05) is 6.07 Å². The smallest absolute Gasteiger partial charge is 0.219 e. The predicted molar refractivity (Wildman–Crippen MR) is 88.2 cm³/mol. The number of amides is 1. The van der Waals surface area contributed by atoms with E-state index in [1.54, 1.807) is 25.5 Å². The fourth-order valence-corrected chi connectivity index (χ4v) is 2.90. The molecule has 0 bridgehead atoms. The highest BCUT2D eigenvalue weighted by molar-refractivity contribution is 5.73. The summed E-state index contributed by atoms with van der Waals surface area (Å²) in [7, 11) is 0. The number of nitrogens with zero attached hydrogens (tertiary/aromatic N) is 4. The molecule has 1 aliphatic rings. The van der Waals surface area contributed by atoms with Gasteiger partial charge in [0.2, 0.25) is 5.91 Å². The average Bonchev–Trinajstić information content (AvgIpc) is 2.58. The summed E-state index contributed by atoms with van der Waals surface area (Å²) in [4.78, 5) is 26.5. The van der Waals surface area contributed by atoms with Crippen molar-refractivity contribution < 1.29 is 4.79 Å². The standard InChI is InChI=1S/C17H21N5O/c1-13(23)22-10-5-14(6-11-22)12-15-17(20-9-8-18-15)21-16-4-2-3-7-19-16/h2-4,7-9,14H,5-6,10-12H2,1H3,(H,19,20,21). The largest absolute Gasteiger partial charge is 0.343 e. The van der Waals surface area contributed by atoms with Crippen LogP contribution in [0.5, 0.6) is 0 Å². The molecule has 3 rings (SSSR count). The Kier molecular flexibility index (Phi) is 4.80. The minimum Gasteiger partial charge on any atom is -0.343 e. The van der Waals surface area contributed by atoms with Crippen LogP contribution in [0, 0.1) is 5.92 Å². The Morgan fingerprint density at radius 2 is 1.96 bits per heavy atom. The van der Waals surface area contributed by atoms with Crippen molar-refractivity contribution in [3.8, 4) is 0 Å². The quantitative estimate of drug-likeness (QED) is 0.939. The Morgan fingerprint density at radius 3 is 2.65 bits per heavy atom. The van der Waals surface area contributed by atoms with E-state index in [4.69, 9.17) is 0 Å². The second-order valence-electron chi connectivity index (χ2n) is 5.85. The Balaban J connectivity index is 1.66. The van der Waals surface area contributed by atoms with Crippen molar-refractivity contribution >= 4 is 17.5 Å². The zero-order valence-corrected chi connectivity index (χ0v) is 13.3. The Hall–Kier alpha value is -2.50. The molecule has 2 aromatic rings. The van der Waals surface area contributed by atoms with Crippen molar-refractivity contribution in [1.29, 1.82) is 0 Å². The van der Waals surface area contributed by atoms with Crippen LogP contribution < -0.4 is 5.32 Å².